The lowest BCUT2D eigenvalue weighted by atomic mass is 9.99. The number of nitrogens with one attached hydrogen (secondary N) is 1. The lowest BCUT2D eigenvalue weighted by molar-refractivity contribution is 0.0475. The fourth-order valence-corrected chi connectivity index (χ4v) is 2.55. The Hall–Kier alpha value is -0.130. The highest BCUT2D eigenvalue weighted by atomic mass is 32.2. The third kappa shape index (κ3) is 7.73. The van der Waals surface area contributed by atoms with E-state index in [9.17, 15) is 13.5 Å². The number of hydrogen-bond donors (Lipinski definition) is 2. The molecule has 17 heavy (non-hydrogen) atoms. The van der Waals surface area contributed by atoms with Crippen LogP contribution < -0.4 is 5.32 Å². The minimum absolute atomic E-state index is 0.0549. The summed E-state index contributed by atoms with van der Waals surface area (Å²) in [5.74, 6) is 0.0549. The minimum atomic E-state index is -3.05. The molecule has 1 atom stereocenters. The van der Waals surface area contributed by atoms with Gasteiger partial charge in [0.25, 0.3) is 0 Å². The van der Waals surface area contributed by atoms with Crippen LogP contribution in [0, 0.1) is 0 Å². The second kappa shape index (κ2) is 6.71. The highest BCUT2D eigenvalue weighted by molar-refractivity contribution is 7.91. The molecule has 0 aromatic rings. The minimum Gasteiger partial charge on any atom is -0.390 e. The Balaban J connectivity index is 4.10. The van der Waals surface area contributed by atoms with Crippen molar-refractivity contribution in [3.63, 3.8) is 0 Å². The van der Waals surface area contributed by atoms with Crippen molar-refractivity contribution in [1.29, 1.82) is 0 Å². The first-order valence-corrected chi connectivity index (χ1v) is 7.96. The molecule has 0 radical (unpaired) electrons. The molecule has 0 amide bonds. The Morgan fingerprint density at radius 3 is 2.12 bits per heavy atom. The second-order valence-electron chi connectivity index (χ2n) is 5.52. The molecule has 0 aromatic heterocycles. The van der Waals surface area contributed by atoms with Crippen LogP contribution in [0.25, 0.3) is 0 Å². The van der Waals surface area contributed by atoms with E-state index in [1.165, 1.54) is 0 Å². The van der Waals surface area contributed by atoms with Gasteiger partial charge in [0.15, 0.2) is 9.84 Å². The zero-order chi connectivity index (χ0) is 13.7. The summed E-state index contributed by atoms with van der Waals surface area (Å²) in [5.41, 5.74) is -0.913. The molecule has 0 heterocycles. The molecular formula is C12H27NO3S. The smallest absolute Gasteiger partial charge is 0.152 e. The summed E-state index contributed by atoms with van der Waals surface area (Å²) < 4.78 is 23.3. The Morgan fingerprint density at radius 2 is 1.71 bits per heavy atom. The summed E-state index contributed by atoms with van der Waals surface area (Å²) in [6.45, 7) is 9.82. The van der Waals surface area contributed by atoms with Crippen molar-refractivity contribution < 1.29 is 13.5 Å². The van der Waals surface area contributed by atoms with Gasteiger partial charge in [-0.1, -0.05) is 13.8 Å². The lowest BCUT2D eigenvalue weighted by Gasteiger charge is -2.24. The van der Waals surface area contributed by atoms with Crippen LogP contribution in [0.1, 0.15) is 47.5 Å². The first-order valence-electron chi connectivity index (χ1n) is 6.24. The first kappa shape index (κ1) is 16.9. The van der Waals surface area contributed by atoms with E-state index >= 15 is 0 Å². The van der Waals surface area contributed by atoms with Gasteiger partial charge in [0.2, 0.25) is 0 Å². The van der Waals surface area contributed by atoms with Gasteiger partial charge in [0.05, 0.1) is 16.6 Å². The molecule has 4 nitrogen and oxygen atoms in total. The molecular weight excluding hydrogens is 238 g/mol. The number of hydrogen-bond acceptors (Lipinski definition) is 4. The van der Waals surface area contributed by atoms with Crippen molar-refractivity contribution in [1.82, 2.24) is 5.32 Å². The van der Waals surface area contributed by atoms with Crippen LogP contribution in [0.5, 0.6) is 0 Å². The Bertz CT molecular complexity index is 308. The molecule has 0 aliphatic rings. The van der Waals surface area contributed by atoms with E-state index in [2.05, 4.69) is 5.32 Å². The van der Waals surface area contributed by atoms with Crippen molar-refractivity contribution in [3.05, 3.63) is 0 Å². The van der Waals surface area contributed by atoms with Crippen molar-refractivity contribution in [2.45, 2.75) is 64.4 Å². The van der Waals surface area contributed by atoms with E-state index < -0.39 is 15.4 Å². The molecule has 2 N–H and O–H groups in total. The van der Waals surface area contributed by atoms with Gasteiger partial charge >= 0.3 is 0 Å². The van der Waals surface area contributed by atoms with Crippen LogP contribution in [-0.4, -0.2) is 42.7 Å². The van der Waals surface area contributed by atoms with Crippen LogP contribution in [0.4, 0.5) is 0 Å². The van der Waals surface area contributed by atoms with Gasteiger partial charge < -0.3 is 10.4 Å². The van der Waals surface area contributed by atoms with E-state index in [4.69, 9.17) is 0 Å². The molecule has 1 unspecified atom stereocenters. The summed E-state index contributed by atoms with van der Waals surface area (Å²) in [5, 5.41) is 12.9. The fraction of sp³-hybridized carbons (Fsp3) is 1.00. The third-order valence-corrected chi connectivity index (χ3v) is 5.07. The average Bonchev–Trinajstić information content (AvgIpc) is 2.14. The van der Waals surface area contributed by atoms with Crippen LogP contribution in [0.2, 0.25) is 0 Å². The predicted octanol–water partition coefficient (Wildman–Crippen LogP) is 1.34. The largest absolute Gasteiger partial charge is 0.390 e. The Kier molecular flexibility index (Phi) is 6.66. The quantitative estimate of drug-likeness (QED) is 0.695. The molecule has 0 aliphatic carbocycles. The number of sulfone groups is 1. The van der Waals surface area contributed by atoms with Crippen molar-refractivity contribution in [2.75, 3.05) is 12.3 Å². The van der Waals surface area contributed by atoms with Crippen LogP contribution in [0.3, 0.4) is 0 Å². The van der Waals surface area contributed by atoms with Crippen molar-refractivity contribution in [2.24, 2.45) is 0 Å². The molecule has 0 saturated carbocycles. The van der Waals surface area contributed by atoms with Crippen LogP contribution >= 0.6 is 0 Å². The van der Waals surface area contributed by atoms with E-state index in [1.54, 1.807) is 20.8 Å². The van der Waals surface area contributed by atoms with Gasteiger partial charge in [-0.2, -0.15) is 0 Å². The molecule has 0 rings (SSSR count). The normalized spacial score (nSPS) is 16.5. The zero-order valence-electron chi connectivity index (χ0n) is 11.7. The molecule has 0 spiro atoms. The summed E-state index contributed by atoms with van der Waals surface area (Å²) in [6, 6.07) is 0.380. The monoisotopic (exact) mass is 265 g/mol. The molecule has 0 fully saturated rings. The van der Waals surface area contributed by atoms with Crippen molar-refractivity contribution in [3.8, 4) is 0 Å². The van der Waals surface area contributed by atoms with E-state index in [-0.39, 0.29) is 11.0 Å². The van der Waals surface area contributed by atoms with Crippen LogP contribution in [0.15, 0.2) is 0 Å². The first-order chi connectivity index (χ1) is 7.57. The maximum absolute atomic E-state index is 11.6. The number of aliphatic hydroxyl groups is 1. The topological polar surface area (TPSA) is 66.4 Å². The Morgan fingerprint density at radius 1 is 1.18 bits per heavy atom. The van der Waals surface area contributed by atoms with E-state index in [0.29, 0.717) is 25.4 Å². The number of rotatable bonds is 8. The van der Waals surface area contributed by atoms with Crippen molar-refractivity contribution >= 4 is 9.84 Å². The summed E-state index contributed by atoms with van der Waals surface area (Å²) in [6.07, 6.45) is 0.867. The fourth-order valence-electron chi connectivity index (χ4n) is 1.35. The lowest BCUT2D eigenvalue weighted by Crippen LogP contribution is -2.35. The maximum atomic E-state index is 11.6. The second-order valence-corrected chi connectivity index (χ2v) is 8.20. The molecule has 5 heteroatoms. The Labute approximate surface area is 106 Å². The summed E-state index contributed by atoms with van der Waals surface area (Å²) >= 11 is 0. The van der Waals surface area contributed by atoms with Gasteiger partial charge in [0.1, 0.15) is 0 Å². The molecule has 0 bridgehead atoms. The standard InChI is InChI=1S/C12H27NO3S/c1-10(2)13-8-6-12(5,14)7-9-17(15,16)11(3)4/h10-11,13-14H,6-9H2,1-5H3. The van der Waals surface area contributed by atoms with Crippen LogP contribution in [-0.2, 0) is 9.84 Å². The molecule has 0 aromatic carbocycles. The predicted molar refractivity (Wildman–Crippen MR) is 71.9 cm³/mol. The highest BCUT2D eigenvalue weighted by Gasteiger charge is 2.25. The van der Waals surface area contributed by atoms with Gasteiger partial charge in [-0.15, -0.1) is 0 Å². The van der Waals surface area contributed by atoms with Gasteiger partial charge in [-0.3, -0.25) is 0 Å². The summed E-state index contributed by atoms with van der Waals surface area (Å²) in [4.78, 5) is 0. The van der Waals surface area contributed by atoms with E-state index in [0.717, 1.165) is 0 Å². The van der Waals surface area contributed by atoms with Gasteiger partial charge in [-0.25, -0.2) is 8.42 Å². The molecule has 0 saturated heterocycles. The SMILES string of the molecule is CC(C)NCCC(C)(O)CCS(=O)(=O)C(C)C. The zero-order valence-corrected chi connectivity index (χ0v) is 12.5. The molecule has 0 aliphatic heterocycles. The highest BCUT2D eigenvalue weighted by Crippen LogP contribution is 2.16. The summed E-state index contributed by atoms with van der Waals surface area (Å²) in [7, 11) is -3.05. The van der Waals surface area contributed by atoms with Gasteiger partial charge in [-0.05, 0) is 40.2 Å². The average molecular weight is 265 g/mol. The maximum Gasteiger partial charge on any atom is 0.152 e. The third-order valence-electron chi connectivity index (χ3n) is 2.86. The van der Waals surface area contributed by atoms with E-state index in [1.807, 2.05) is 13.8 Å². The molecule has 104 valence electrons. The van der Waals surface area contributed by atoms with Gasteiger partial charge in [0, 0.05) is 6.04 Å².